The summed E-state index contributed by atoms with van der Waals surface area (Å²) >= 11 is 0. The number of nitrogens with one attached hydrogen (secondary N) is 1. The van der Waals surface area contributed by atoms with Crippen LogP contribution in [0, 0.1) is 0 Å². The van der Waals surface area contributed by atoms with Gasteiger partial charge in [-0.05, 0) is 60.8 Å². The molecule has 0 bridgehead atoms. The van der Waals surface area contributed by atoms with Crippen LogP contribution in [0.3, 0.4) is 0 Å². The van der Waals surface area contributed by atoms with E-state index in [0.29, 0.717) is 5.41 Å². The highest BCUT2D eigenvalue weighted by molar-refractivity contribution is 7.93. The van der Waals surface area contributed by atoms with E-state index >= 15 is 0 Å². The smallest absolute Gasteiger partial charge is 0.267 e. The molecular weight excluding hydrogens is 300 g/mol. The molecule has 0 unspecified atom stereocenters. The number of nitrogens with zero attached hydrogens (tertiary/aromatic N) is 1. The zero-order valence-corrected chi connectivity index (χ0v) is 13.1. The lowest BCUT2D eigenvalue weighted by Gasteiger charge is -2.10. The summed E-state index contributed by atoms with van der Waals surface area (Å²) in [6, 6.07) is 2.28. The summed E-state index contributed by atoms with van der Waals surface area (Å²) in [6.07, 6.45) is 7.34. The Morgan fingerprint density at radius 1 is 1.14 bits per heavy atom. The molecule has 1 aromatic rings. The van der Waals surface area contributed by atoms with Gasteiger partial charge in [0, 0.05) is 5.41 Å². The minimum atomic E-state index is -3.77. The lowest BCUT2D eigenvalue weighted by Crippen LogP contribution is -2.29. The van der Waals surface area contributed by atoms with Gasteiger partial charge in [-0.25, -0.2) is 13.1 Å². The number of hydrogen-bond acceptors (Lipinski definition) is 4. The molecule has 0 radical (unpaired) electrons. The first-order valence-electron chi connectivity index (χ1n) is 7.40. The molecule has 116 valence electrons. The molecular formula is C16H18N2O3S. The van der Waals surface area contributed by atoms with E-state index in [4.69, 9.17) is 0 Å². The van der Waals surface area contributed by atoms with Crippen LogP contribution < -0.4 is 4.72 Å². The fourth-order valence-electron chi connectivity index (χ4n) is 3.27. The third-order valence-electron chi connectivity index (χ3n) is 4.21. The predicted molar refractivity (Wildman–Crippen MR) is 85.9 cm³/mol. The number of benzene rings is 1. The fourth-order valence-corrected chi connectivity index (χ4v) is 3.69. The van der Waals surface area contributed by atoms with Crippen LogP contribution in [-0.4, -0.2) is 20.5 Å². The van der Waals surface area contributed by atoms with Gasteiger partial charge in [0.2, 0.25) is 0 Å². The largest absolute Gasteiger partial charge is 0.276 e. The first-order chi connectivity index (χ1) is 10.5. The van der Waals surface area contributed by atoms with Crippen molar-refractivity contribution in [1.29, 1.82) is 0 Å². The Morgan fingerprint density at radius 3 is 2.27 bits per heavy atom. The highest BCUT2D eigenvalue weighted by Gasteiger charge is 2.23. The van der Waals surface area contributed by atoms with Gasteiger partial charge >= 0.3 is 0 Å². The summed E-state index contributed by atoms with van der Waals surface area (Å²) in [7, 11) is -3.77. The number of carbonyl (C=O) groups excluding carboxylic acids is 1. The number of aliphatic imine (C=N–C) groups is 1. The minimum absolute atomic E-state index is 0.705. The van der Waals surface area contributed by atoms with Crippen molar-refractivity contribution < 1.29 is 13.2 Å². The summed E-state index contributed by atoms with van der Waals surface area (Å²) in [5.74, 6) is -0.748. The van der Waals surface area contributed by atoms with Crippen molar-refractivity contribution in [3.8, 4) is 0 Å². The van der Waals surface area contributed by atoms with Crippen LogP contribution in [-0.2, 0) is 40.5 Å². The molecule has 0 spiro atoms. The zero-order valence-electron chi connectivity index (χ0n) is 12.3. The third-order valence-corrected chi connectivity index (χ3v) is 5.14. The number of hydrogen-bond donors (Lipinski definition) is 1. The van der Waals surface area contributed by atoms with Crippen LogP contribution in [0.15, 0.2) is 23.0 Å². The Hall–Kier alpha value is -1.95. The van der Waals surface area contributed by atoms with E-state index in [9.17, 15) is 13.2 Å². The maximum Gasteiger partial charge on any atom is 0.276 e. The molecule has 1 N–H and O–H groups in total. The van der Waals surface area contributed by atoms with Crippen molar-refractivity contribution in [2.75, 3.05) is 0 Å². The standard InChI is InChI=1S/C16H18N2O3S/c1-2-22(20,21)18-15(19)10-17-16-13-7-3-5-11(13)9-12-6-4-8-14(12)16/h2,9-10H,1,3-8H2,(H,18,19)/b17-10+. The number of carbonyl (C=O) groups is 1. The van der Waals surface area contributed by atoms with Crippen molar-refractivity contribution in [3.63, 3.8) is 0 Å². The fraction of sp³-hybridized carbons (Fsp3) is 0.375. The molecule has 0 heterocycles. The first-order valence-corrected chi connectivity index (χ1v) is 8.94. The molecule has 5 nitrogen and oxygen atoms in total. The van der Waals surface area contributed by atoms with E-state index in [2.05, 4.69) is 17.6 Å². The second-order valence-corrected chi connectivity index (χ2v) is 7.27. The van der Waals surface area contributed by atoms with Crippen LogP contribution in [0.5, 0.6) is 0 Å². The van der Waals surface area contributed by atoms with Crippen molar-refractivity contribution in [2.24, 2.45) is 4.99 Å². The molecule has 0 aliphatic heterocycles. The summed E-state index contributed by atoms with van der Waals surface area (Å²) in [5.41, 5.74) is 5.97. The van der Waals surface area contributed by atoms with Gasteiger partial charge in [-0.15, -0.1) is 0 Å². The maximum absolute atomic E-state index is 11.7. The predicted octanol–water partition coefficient (Wildman–Crippen LogP) is 1.96. The van der Waals surface area contributed by atoms with Crippen molar-refractivity contribution in [3.05, 3.63) is 40.3 Å². The summed E-state index contributed by atoms with van der Waals surface area (Å²) in [4.78, 5) is 16.0. The number of amides is 1. The van der Waals surface area contributed by atoms with Gasteiger partial charge in [-0.2, -0.15) is 0 Å². The lowest BCUT2D eigenvalue weighted by molar-refractivity contribution is -0.112. The number of sulfonamides is 1. The molecule has 3 rings (SSSR count). The van der Waals surface area contributed by atoms with E-state index in [1.165, 1.54) is 22.3 Å². The molecule has 0 saturated heterocycles. The van der Waals surface area contributed by atoms with E-state index in [0.717, 1.165) is 50.4 Å². The summed E-state index contributed by atoms with van der Waals surface area (Å²) in [6.45, 7) is 3.15. The average molecular weight is 318 g/mol. The Kier molecular flexibility index (Phi) is 3.87. The minimum Gasteiger partial charge on any atom is -0.267 e. The first kappa shape index (κ1) is 15.0. The number of rotatable bonds is 4. The van der Waals surface area contributed by atoms with Gasteiger partial charge in [0.1, 0.15) is 0 Å². The van der Waals surface area contributed by atoms with E-state index in [1.54, 1.807) is 0 Å². The average Bonchev–Trinajstić information content (AvgIpc) is 3.11. The van der Waals surface area contributed by atoms with Crippen LogP contribution in [0.2, 0.25) is 0 Å². The van der Waals surface area contributed by atoms with Crippen LogP contribution in [0.25, 0.3) is 0 Å². The van der Waals surface area contributed by atoms with E-state index in [-0.39, 0.29) is 0 Å². The molecule has 1 aromatic carbocycles. The van der Waals surface area contributed by atoms with E-state index < -0.39 is 15.9 Å². The Morgan fingerprint density at radius 2 is 1.73 bits per heavy atom. The molecule has 2 aliphatic rings. The van der Waals surface area contributed by atoms with Gasteiger partial charge in [-0.1, -0.05) is 12.6 Å². The van der Waals surface area contributed by atoms with Gasteiger partial charge < -0.3 is 0 Å². The highest BCUT2D eigenvalue weighted by atomic mass is 32.2. The second kappa shape index (κ2) is 5.68. The third kappa shape index (κ3) is 2.83. The van der Waals surface area contributed by atoms with Gasteiger partial charge in [0.05, 0.1) is 11.9 Å². The maximum atomic E-state index is 11.7. The number of fused-ring (bicyclic) bond motifs is 2. The summed E-state index contributed by atoms with van der Waals surface area (Å²) in [5, 5.41) is 0.705. The highest BCUT2D eigenvalue weighted by Crippen LogP contribution is 2.40. The van der Waals surface area contributed by atoms with Gasteiger partial charge in [-0.3, -0.25) is 9.79 Å². The molecule has 0 atom stereocenters. The van der Waals surface area contributed by atoms with Crippen molar-refractivity contribution in [2.45, 2.75) is 38.5 Å². The monoisotopic (exact) mass is 318 g/mol. The van der Waals surface area contributed by atoms with Crippen LogP contribution >= 0.6 is 0 Å². The molecule has 1 amide bonds. The van der Waals surface area contributed by atoms with Crippen molar-refractivity contribution in [1.82, 2.24) is 4.72 Å². The quantitative estimate of drug-likeness (QED) is 0.862. The molecule has 2 aliphatic carbocycles. The molecule has 0 aromatic heterocycles. The lowest BCUT2D eigenvalue weighted by atomic mass is 9.99. The Bertz CT molecular complexity index is 747. The van der Waals surface area contributed by atoms with Gasteiger partial charge in [0.25, 0.3) is 15.9 Å². The molecule has 22 heavy (non-hydrogen) atoms. The van der Waals surface area contributed by atoms with Crippen molar-refractivity contribution >= 4 is 27.8 Å². The Balaban J connectivity index is 1.91. The normalized spacial score (nSPS) is 16.5. The SMILES string of the molecule is C=CS(=O)(=O)NC(=O)/C=N/c1c2c(cc3c1CCC3)CCC2. The zero-order chi connectivity index (χ0) is 15.7. The van der Waals surface area contributed by atoms with Crippen LogP contribution in [0.1, 0.15) is 35.1 Å². The van der Waals surface area contributed by atoms with Gasteiger partial charge in [0.15, 0.2) is 0 Å². The molecule has 0 fully saturated rings. The number of aryl methyl sites for hydroxylation is 2. The topological polar surface area (TPSA) is 75.6 Å². The Labute approximate surface area is 130 Å². The summed E-state index contributed by atoms with van der Waals surface area (Å²) < 4.78 is 24.4. The second-order valence-electron chi connectivity index (χ2n) is 5.64. The van der Waals surface area contributed by atoms with Crippen LogP contribution in [0.4, 0.5) is 5.69 Å². The molecule has 0 saturated carbocycles. The van der Waals surface area contributed by atoms with E-state index in [1.807, 2.05) is 4.72 Å². The molecule has 6 heteroatoms.